The second kappa shape index (κ2) is 8.34. The van der Waals surface area contributed by atoms with Crippen LogP contribution in [0.2, 0.25) is 0 Å². The van der Waals surface area contributed by atoms with E-state index < -0.39 is 18.0 Å². The lowest BCUT2D eigenvalue weighted by atomic mass is 9.81. The summed E-state index contributed by atoms with van der Waals surface area (Å²) >= 11 is 0. The number of carbonyl (C=O) groups excluding carboxylic acids is 4. The molecule has 29 heavy (non-hydrogen) atoms. The standard InChI is InChI=1S/C20H28N4O5/c1-11-17(12(2)23(4)22-11)21-18(26)13(3)29-16(25)9-10-24-19(27)14-7-5-6-8-15(14)20(24)28/h13-15H,5-10H2,1-4H3,(H,21,26)/t13-,14-,15+/m0/s1. The fourth-order valence-electron chi connectivity index (χ4n) is 4.14. The van der Waals surface area contributed by atoms with Crippen molar-refractivity contribution in [3.8, 4) is 0 Å². The van der Waals surface area contributed by atoms with Crippen LogP contribution >= 0.6 is 0 Å². The van der Waals surface area contributed by atoms with E-state index in [2.05, 4.69) is 10.4 Å². The average molecular weight is 404 g/mol. The first-order valence-corrected chi connectivity index (χ1v) is 10.1. The Labute approximate surface area is 169 Å². The third-order valence-corrected chi connectivity index (χ3v) is 5.91. The summed E-state index contributed by atoms with van der Waals surface area (Å²) in [6.45, 7) is 5.09. The van der Waals surface area contributed by atoms with Crippen LogP contribution in [0, 0.1) is 25.7 Å². The van der Waals surface area contributed by atoms with E-state index >= 15 is 0 Å². The van der Waals surface area contributed by atoms with Crippen molar-refractivity contribution in [3.63, 3.8) is 0 Å². The van der Waals surface area contributed by atoms with E-state index in [1.807, 2.05) is 6.92 Å². The maximum Gasteiger partial charge on any atom is 0.308 e. The molecule has 1 aromatic heterocycles. The molecule has 9 nitrogen and oxygen atoms in total. The predicted octanol–water partition coefficient (Wildman–Crippen LogP) is 1.47. The Kier molecular flexibility index (Phi) is 6.04. The Morgan fingerprint density at radius 2 is 1.76 bits per heavy atom. The van der Waals surface area contributed by atoms with E-state index in [1.54, 1.807) is 18.7 Å². The van der Waals surface area contributed by atoms with E-state index in [4.69, 9.17) is 4.74 Å². The molecule has 2 heterocycles. The second-order valence-electron chi connectivity index (χ2n) is 7.87. The highest BCUT2D eigenvalue weighted by molar-refractivity contribution is 6.05. The summed E-state index contributed by atoms with van der Waals surface area (Å²) in [5.74, 6) is -1.91. The van der Waals surface area contributed by atoms with Gasteiger partial charge in [-0.15, -0.1) is 0 Å². The van der Waals surface area contributed by atoms with Crippen LogP contribution < -0.4 is 5.32 Å². The summed E-state index contributed by atoms with van der Waals surface area (Å²) in [7, 11) is 1.78. The minimum Gasteiger partial charge on any atom is -0.452 e. The van der Waals surface area contributed by atoms with E-state index in [9.17, 15) is 19.2 Å². The number of rotatable bonds is 6. The number of amides is 3. The van der Waals surface area contributed by atoms with Crippen LogP contribution in [0.5, 0.6) is 0 Å². The van der Waals surface area contributed by atoms with Crippen LogP contribution in [0.25, 0.3) is 0 Å². The van der Waals surface area contributed by atoms with E-state index in [-0.39, 0.29) is 36.6 Å². The number of nitrogens with one attached hydrogen (secondary N) is 1. The molecule has 0 bridgehead atoms. The zero-order valence-electron chi connectivity index (χ0n) is 17.4. The van der Waals surface area contributed by atoms with Crippen molar-refractivity contribution < 1.29 is 23.9 Å². The fraction of sp³-hybridized carbons (Fsp3) is 0.650. The molecular formula is C20H28N4O5. The predicted molar refractivity (Wildman–Crippen MR) is 104 cm³/mol. The first kappa shape index (κ1) is 21.0. The first-order valence-electron chi connectivity index (χ1n) is 10.1. The topological polar surface area (TPSA) is 111 Å². The van der Waals surface area contributed by atoms with E-state index in [1.165, 1.54) is 11.8 Å². The van der Waals surface area contributed by atoms with Crippen molar-refractivity contribution in [2.45, 2.75) is 59.0 Å². The molecule has 2 aliphatic rings. The van der Waals surface area contributed by atoms with Gasteiger partial charge in [-0.1, -0.05) is 12.8 Å². The SMILES string of the molecule is Cc1nn(C)c(C)c1NC(=O)[C@H](C)OC(=O)CCN1C(=O)[C@H]2CCCC[C@H]2C1=O. The Bertz CT molecular complexity index is 822. The molecule has 1 saturated heterocycles. The molecule has 1 aliphatic heterocycles. The van der Waals surface area contributed by atoms with Crippen LogP contribution in [-0.2, 0) is 31.0 Å². The van der Waals surface area contributed by atoms with Crippen molar-refractivity contribution in [3.05, 3.63) is 11.4 Å². The van der Waals surface area contributed by atoms with Gasteiger partial charge in [-0.2, -0.15) is 5.10 Å². The molecule has 1 saturated carbocycles. The molecule has 0 unspecified atom stereocenters. The minimum atomic E-state index is -1.01. The number of aromatic nitrogens is 2. The number of imide groups is 1. The number of carbonyl (C=O) groups is 4. The summed E-state index contributed by atoms with van der Waals surface area (Å²) < 4.78 is 6.85. The number of esters is 1. The van der Waals surface area contributed by atoms with Gasteiger partial charge in [-0.3, -0.25) is 28.8 Å². The molecule has 0 radical (unpaired) electrons. The van der Waals surface area contributed by atoms with E-state index in [0.717, 1.165) is 31.4 Å². The number of nitrogens with zero attached hydrogens (tertiary/aromatic N) is 3. The number of fused-ring (bicyclic) bond motifs is 1. The third kappa shape index (κ3) is 4.18. The average Bonchev–Trinajstić information content (AvgIpc) is 3.07. The molecule has 0 spiro atoms. The highest BCUT2D eigenvalue weighted by Crippen LogP contribution is 2.38. The number of aryl methyl sites for hydroxylation is 2. The normalized spacial score (nSPS) is 22.4. The molecule has 1 aliphatic carbocycles. The van der Waals surface area contributed by atoms with Gasteiger partial charge in [0.25, 0.3) is 5.91 Å². The maximum absolute atomic E-state index is 12.4. The molecular weight excluding hydrogens is 376 g/mol. The molecule has 9 heteroatoms. The summed E-state index contributed by atoms with van der Waals surface area (Å²) in [4.78, 5) is 50.6. The summed E-state index contributed by atoms with van der Waals surface area (Å²) in [6.07, 6.45) is 2.26. The van der Waals surface area contributed by atoms with Gasteiger partial charge < -0.3 is 10.1 Å². The van der Waals surface area contributed by atoms with Crippen LogP contribution in [0.3, 0.4) is 0 Å². The van der Waals surface area contributed by atoms with Crippen molar-refractivity contribution >= 4 is 29.4 Å². The zero-order valence-corrected chi connectivity index (χ0v) is 17.4. The monoisotopic (exact) mass is 404 g/mol. The second-order valence-corrected chi connectivity index (χ2v) is 7.87. The third-order valence-electron chi connectivity index (χ3n) is 5.91. The smallest absolute Gasteiger partial charge is 0.308 e. The van der Waals surface area contributed by atoms with Crippen LogP contribution in [0.15, 0.2) is 0 Å². The summed E-state index contributed by atoms with van der Waals surface area (Å²) in [6, 6.07) is 0. The largest absolute Gasteiger partial charge is 0.452 e. The summed E-state index contributed by atoms with van der Waals surface area (Å²) in [5.41, 5.74) is 2.06. The molecule has 1 N–H and O–H groups in total. The number of hydrogen-bond donors (Lipinski definition) is 1. The Morgan fingerprint density at radius 3 is 2.28 bits per heavy atom. The number of ether oxygens (including phenoxy) is 1. The molecule has 1 aromatic rings. The van der Waals surface area contributed by atoms with Gasteiger partial charge in [-0.25, -0.2) is 0 Å². The van der Waals surface area contributed by atoms with E-state index in [0.29, 0.717) is 11.4 Å². The van der Waals surface area contributed by atoms with Gasteiger partial charge in [0, 0.05) is 13.6 Å². The molecule has 2 fully saturated rings. The number of anilines is 1. The lowest BCUT2D eigenvalue weighted by molar-refractivity contribution is -0.154. The Morgan fingerprint density at radius 1 is 1.17 bits per heavy atom. The Hall–Kier alpha value is -2.71. The Balaban J connectivity index is 1.50. The molecule has 3 atom stereocenters. The minimum absolute atomic E-state index is 0.00133. The van der Waals surface area contributed by atoms with Gasteiger partial charge in [0.05, 0.1) is 35.3 Å². The molecule has 3 rings (SSSR count). The quantitative estimate of drug-likeness (QED) is 0.568. The van der Waals surface area contributed by atoms with Gasteiger partial charge in [0.2, 0.25) is 11.8 Å². The van der Waals surface area contributed by atoms with Gasteiger partial charge in [-0.05, 0) is 33.6 Å². The van der Waals surface area contributed by atoms with Crippen molar-refractivity contribution in [2.24, 2.45) is 18.9 Å². The first-order chi connectivity index (χ1) is 13.7. The lowest BCUT2D eigenvalue weighted by Gasteiger charge is -2.19. The van der Waals surface area contributed by atoms with Gasteiger partial charge >= 0.3 is 5.97 Å². The van der Waals surface area contributed by atoms with Crippen LogP contribution in [0.1, 0.15) is 50.4 Å². The zero-order chi connectivity index (χ0) is 21.3. The molecule has 0 aromatic carbocycles. The van der Waals surface area contributed by atoms with Gasteiger partial charge in [0.1, 0.15) is 0 Å². The van der Waals surface area contributed by atoms with Crippen molar-refractivity contribution in [1.82, 2.24) is 14.7 Å². The summed E-state index contributed by atoms with van der Waals surface area (Å²) in [5, 5.41) is 6.96. The highest BCUT2D eigenvalue weighted by atomic mass is 16.5. The fourth-order valence-corrected chi connectivity index (χ4v) is 4.14. The number of likely N-dealkylation sites (tertiary alicyclic amines) is 1. The van der Waals surface area contributed by atoms with Crippen LogP contribution in [0.4, 0.5) is 5.69 Å². The van der Waals surface area contributed by atoms with Crippen molar-refractivity contribution in [2.75, 3.05) is 11.9 Å². The van der Waals surface area contributed by atoms with Crippen LogP contribution in [-0.4, -0.2) is 51.0 Å². The maximum atomic E-state index is 12.4. The van der Waals surface area contributed by atoms with Gasteiger partial charge in [0.15, 0.2) is 6.10 Å². The number of hydrogen-bond acceptors (Lipinski definition) is 6. The lowest BCUT2D eigenvalue weighted by Crippen LogP contribution is -2.35. The molecule has 3 amide bonds. The highest BCUT2D eigenvalue weighted by Gasteiger charge is 2.47. The van der Waals surface area contributed by atoms with Crippen molar-refractivity contribution in [1.29, 1.82) is 0 Å². The molecule has 158 valence electrons.